The number of nitriles is 1. The van der Waals surface area contributed by atoms with Crippen molar-refractivity contribution in [1.29, 1.82) is 5.26 Å². The molecule has 0 saturated carbocycles. The van der Waals surface area contributed by atoms with Gasteiger partial charge in [-0.2, -0.15) is 5.26 Å². The highest BCUT2D eigenvalue weighted by Gasteiger charge is 2.27. The van der Waals surface area contributed by atoms with E-state index in [9.17, 15) is 14.9 Å². The smallest absolute Gasteiger partial charge is 0.328 e. The van der Waals surface area contributed by atoms with E-state index in [1.807, 2.05) is 31.4 Å². The molecule has 11 nitrogen and oxygen atoms in total. The number of carbonyl (C=O) groups is 2. The minimum atomic E-state index is -0.796. The number of rotatable bonds is 15. The number of ether oxygens (including phenoxy) is 2. The second kappa shape index (κ2) is 18.0. The van der Waals surface area contributed by atoms with Gasteiger partial charge in [0.15, 0.2) is 0 Å². The molecular weight excluding hydrogens is 695 g/mol. The van der Waals surface area contributed by atoms with E-state index >= 15 is 0 Å². The van der Waals surface area contributed by atoms with Crippen LogP contribution in [-0.4, -0.2) is 60.2 Å². The molecule has 2 aromatic carbocycles. The number of aryl methyl sites for hydroxylation is 1. The molecule has 1 aliphatic heterocycles. The van der Waals surface area contributed by atoms with Gasteiger partial charge in [0.2, 0.25) is 11.6 Å². The van der Waals surface area contributed by atoms with Crippen molar-refractivity contribution >= 4 is 46.5 Å². The molecule has 270 valence electrons. The molecule has 1 fully saturated rings. The molecule has 3 heterocycles. The zero-order chi connectivity index (χ0) is 37.2. The number of hydrogen-bond acceptors (Lipinski definition) is 11. The third kappa shape index (κ3) is 9.68. The number of carbonyl (C=O) groups excluding carboxylic acids is 2. The number of aromatic nitrogens is 2. The monoisotopic (exact) mass is 737 g/mol. The number of hydrogen-bond donors (Lipinski definition) is 2. The first-order valence-electron chi connectivity index (χ1n) is 17.3. The fourth-order valence-electron chi connectivity index (χ4n) is 5.74. The summed E-state index contributed by atoms with van der Waals surface area (Å²) in [4.78, 5) is 40.7. The number of benzene rings is 2. The summed E-state index contributed by atoms with van der Waals surface area (Å²) in [6.45, 7) is 17.4. The Morgan fingerprint density at radius 3 is 2.40 bits per heavy atom. The van der Waals surface area contributed by atoms with Crippen molar-refractivity contribution in [2.45, 2.75) is 69.8 Å². The van der Waals surface area contributed by atoms with E-state index in [2.05, 4.69) is 52.3 Å². The highest BCUT2D eigenvalue weighted by Crippen LogP contribution is 2.45. The number of amides is 1. The van der Waals surface area contributed by atoms with Crippen LogP contribution in [0.15, 0.2) is 58.9 Å². The van der Waals surface area contributed by atoms with Crippen LogP contribution >= 0.6 is 23.1 Å². The summed E-state index contributed by atoms with van der Waals surface area (Å²) in [6.07, 6.45) is 2.45. The predicted molar refractivity (Wildman–Crippen MR) is 205 cm³/mol. The summed E-state index contributed by atoms with van der Waals surface area (Å²) >= 11 is 3.04. The molecule has 0 bridgehead atoms. The van der Waals surface area contributed by atoms with Gasteiger partial charge in [-0.05, 0) is 56.7 Å². The molecule has 0 radical (unpaired) electrons. The molecule has 52 heavy (non-hydrogen) atoms. The van der Waals surface area contributed by atoms with Crippen LogP contribution in [0, 0.1) is 30.7 Å². The molecule has 2 aromatic heterocycles. The SMILES string of the molecule is [C-]#[N+]c1c(N2CCCC2)nc(SCc2csc(-c3ccc(C)cc3)n2)c(C#N)c1-c1ccc(OCCOC(=O)[C@H](CC(C)C)NC(=O)[C@H](C)N)cc1. The Labute approximate surface area is 313 Å². The maximum atomic E-state index is 12.7. The van der Waals surface area contributed by atoms with Crippen LogP contribution in [0.3, 0.4) is 0 Å². The van der Waals surface area contributed by atoms with Gasteiger partial charge in [-0.1, -0.05) is 67.6 Å². The van der Waals surface area contributed by atoms with Gasteiger partial charge in [-0.3, -0.25) is 4.79 Å². The fourth-order valence-corrected chi connectivity index (χ4v) is 7.55. The maximum absolute atomic E-state index is 12.7. The van der Waals surface area contributed by atoms with Crippen molar-refractivity contribution in [2.75, 3.05) is 31.2 Å². The Morgan fingerprint density at radius 1 is 1.08 bits per heavy atom. The van der Waals surface area contributed by atoms with E-state index in [-0.39, 0.29) is 19.1 Å². The van der Waals surface area contributed by atoms with Crippen molar-refractivity contribution in [3.63, 3.8) is 0 Å². The van der Waals surface area contributed by atoms with Gasteiger partial charge in [-0.15, -0.1) is 11.3 Å². The topological polar surface area (TPSA) is 148 Å². The van der Waals surface area contributed by atoms with Gasteiger partial charge < -0.3 is 25.4 Å². The van der Waals surface area contributed by atoms with E-state index in [4.69, 9.17) is 31.7 Å². The van der Waals surface area contributed by atoms with Crippen LogP contribution in [0.2, 0.25) is 0 Å². The second-order valence-corrected chi connectivity index (χ2v) is 14.9. The Hall–Kier alpha value is -4.95. The van der Waals surface area contributed by atoms with E-state index in [1.54, 1.807) is 30.4 Å². The highest BCUT2D eigenvalue weighted by atomic mass is 32.2. The molecule has 5 rings (SSSR count). The third-order valence-corrected chi connectivity index (χ3v) is 10.4. The highest BCUT2D eigenvalue weighted by molar-refractivity contribution is 7.98. The summed E-state index contributed by atoms with van der Waals surface area (Å²) < 4.78 is 11.3. The number of thioether (sulfide) groups is 1. The third-order valence-electron chi connectivity index (χ3n) is 8.42. The molecule has 4 aromatic rings. The molecule has 1 aliphatic rings. The lowest BCUT2D eigenvalue weighted by Crippen LogP contribution is -2.48. The average molecular weight is 738 g/mol. The first kappa shape index (κ1) is 38.3. The second-order valence-electron chi connectivity index (χ2n) is 13.1. The standard InChI is InChI=1S/C39H43N7O4S2/c1-24(2)20-32(44-36(47)26(4)41)39(48)50-19-18-49-30-14-12-27(13-15-30)33-31(21-40)38(45-35(34(33)42-5)46-16-6-7-17-46)52-23-29-22-51-37(43-29)28-10-8-25(3)9-11-28/h8-15,22,24,26,32H,6-7,16-20,23,41H2,1-4H3,(H,44,47)/t26-,32-/m0/s1. The lowest BCUT2D eigenvalue weighted by Gasteiger charge is -2.22. The molecule has 13 heteroatoms. The Morgan fingerprint density at radius 2 is 1.77 bits per heavy atom. The number of esters is 1. The van der Waals surface area contributed by atoms with Gasteiger partial charge in [-0.25, -0.2) is 19.6 Å². The number of nitrogens with zero attached hydrogens (tertiary/aromatic N) is 5. The summed E-state index contributed by atoms with van der Waals surface area (Å²) in [5.41, 5.74) is 10.7. The van der Waals surface area contributed by atoms with Crippen LogP contribution in [0.1, 0.15) is 56.9 Å². The first-order chi connectivity index (χ1) is 25.1. The number of pyridine rings is 1. The van der Waals surface area contributed by atoms with Crippen LogP contribution in [0.5, 0.6) is 5.75 Å². The van der Waals surface area contributed by atoms with Gasteiger partial charge in [0.1, 0.15) is 46.9 Å². The lowest BCUT2D eigenvalue weighted by molar-refractivity contribution is -0.149. The molecule has 0 spiro atoms. The molecule has 2 atom stereocenters. The minimum absolute atomic E-state index is 0.0146. The van der Waals surface area contributed by atoms with E-state index in [0.717, 1.165) is 42.2 Å². The average Bonchev–Trinajstić information content (AvgIpc) is 3.85. The van der Waals surface area contributed by atoms with E-state index < -0.39 is 24.0 Å². The number of nitrogens with one attached hydrogen (secondary N) is 1. The summed E-state index contributed by atoms with van der Waals surface area (Å²) in [6, 6.07) is 16.3. The zero-order valence-electron chi connectivity index (χ0n) is 29.8. The van der Waals surface area contributed by atoms with Crippen molar-refractivity contribution in [3.05, 3.63) is 82.1 Å². The van der Waals surface area contributed by atoms with Gasteiger partial charge in [0.05, 0.1) is 23.9 Å². The van der Waals surface area contributed by atoms with Crippen LogP contribution in [0.25, 0.3) is 26.5 Å². The molecule has 3 N–H and O–H groups in total. The quantitative estimate of drug-likeness (QED) is 0.0551. The molecule has 0 unspecified atom stereocenters. The number of anilines is 1. The zero-order valence-corrected chi connectivity index (χ0v) is 31.5. The van der Waals surface area contributed by atoms with Gasteiger partial charge in [0.25, 0.3) is 0 Å². The number of thiazole rings is 1. The normalized spacial score (nSPS) is 13.7. The van der Waals surface area contributed by atoms with Crippen LogP contribution in [-0.2, 0) is 20.1 Å². The van der Waals surface area contributed by atoms with Crippen LogP contribution < -0.4 is 20.7 Å². The molecular formula is C39H43N7O4S2. The Bertz CT molecular complexity index is 1940. The molecule has 1 saturated heterocycles. The summed E-state index contributed by atoms with van der Waals surface area (Å²) in [5, 5.41) is 16.7. The van der Waals surface area contributed by atoms with Gasteiger partial charge in [0, 0.05) is 35.3 Å². The summed E-state index contributed by atoms with van der Waals surface area (Å²) in [7, 11) is 0. The molecule has 0 aliphatic carbocycles. The number of nitrogens with two attached hydrogens (primary N) is 1. The van der Waals surface area contributed by atoms with Crippen LogP contribution in [0.4, 0.5) is 11.5 Å². The van der Waals surface area contributed by atoms with Crippen molar-refractivity contribution in [2.24, 2.45) is 11.7 Å². The van der Waals surface area contributed by atoms with E-state index in [0.29, 0.717) is 51.1 Å². The van der Waals surface area contributed by atoms with Crippen molar-refractivity contribution < 1.29 is 19.1 Å². The Kier molecular flexibility index (Phi) is 13.3. The largest absolute Gasteiger partial charge is 0.490 e. The Balaban J connectivity index is 1.32. The van der Waals surface area contributed by atoms with Crippen molar-refractivity contribution in [1.82, 2.24) is 15.3 Å². The summed E-state index contributed by atoms with van der Waals surface area (Å²) in [5.74, 6) is 0.843. The first-order valence-corrected chi connectivity index (χ1v) is 19.1. The molecule has 1 amide bonds. The van der Waals surface area contributed by atoms with E-state index in [1.165, 1.54) is 17.3 Å². The fraction of sp³-hybridized carbons (Fsp3) is 0.385. The van der Waals surface area contributed by atoms with Gasteiger partial charge >= 0.3 is 5.97 Å². The lowest BCUT2D eigenvalue weighted by atomic mass is 9.99. The maximum Gasteiger partial charge on any atom is 0.328 e. The van der Waals surface area contributed by atoms with Crippen molar-refractivity contribution in [3.8, 4) is 33.5 Å². The predicted octanol–water partition coefficient (Wildman–Crippen LogP) is 7.30. The minimum Gasteiger partial charge on any atom is -0.490 e.